The zero-order valence-electron chi connectivity index (χ0n) is 10.5. The van der Waals surface area contributed by atoms with Crippen LogP contribution in [0.2, 0.25) is 0 Å². The van der Waals surface area contributed by atoms with Crippen LogP contribution in [0.15, 0.2) is 0 Å². The van der Waals surface area contributed by atoms with Gasteiger partial charge in [-0.25, -0.2) is 0 Å². The Morgan fingerprint density at radius 2 is 1.71 bits per heavy atom. The maximum absolute atomic E-state index is 10.8. The number of carboxylic acid groups (broad SMARTS) is 1. The Kier molecular flexibility index (Phi) is 3.12. The lowest BCUT2D eigenvalue weighted by molar-refractivity contribution is -0.138. The number of hydrogen-bond donors (Lipinski definition) is 1. The molecule has 2 bridgehead atoms. The molecule has 3 fully saturated rings. The van der Waals surface area contributed by atoms with Crippen LogP contribution in [0.25, 0.3) is 0 Å². The summed E-state index contributed by atoms with van der Waals surface area (Å²) >= 11 is 0. The van der Waals surface area contributed by atoms with Gasteiger partial charge in [0.05, 0.1) is 0 Å². The van der Waals surface area contributed by atoms with Gasteiger partial charge in [0.15, 0.2) is 0 Å². The van der Waals surface area contributed by atoms with Gasteiger partial charge in [0, 0.05) is 18.5 Å². The molecule has 1 aliphatic carbocycles. The van der Waals surface area contributed by atoms with Gasteiger partial charge in [-0.1, -0.05) is 12.8 Å². The van der Waals surface area contributed by atoms with Crippen LogP contribution in [0.4, 0.5) is 0 Å². The first-order chi connectivity index (χ1) is 8.22. The van der Waals surface area contributed by atoms with Gasteiger partial charge in [-0.3, -0.25) is 9.69 Å². The summed E-state index contributed by atoms with van der Waals surface area (Å²) in [6, 6.07) is 1.41. The van der Waals surface area contributed by atoms with Crippen molar-refractivity contribution in [1.29, 1.82) is 0 Å². The van der Waals surface area contributed by atoms with Gasteiger partial charge in [-0.2, -0.15) is 0 Å². The predicted molar refractivity (Wildman–Crippen MR) is 65.8 cm³/mol. The fourth-order valence-corrected chi connectivity index (χ4v) is 3.90. The number of carboxylic acids is 1. The second-order valence-corrected chi connectivity index (χ2v) is 6.29. The highest BCUT2D eigenvalue weighted by Gasteiger charge is 2.41. The molecule has 2 unspecified atom stereocenters. The predicted octanol–water partition coefficient (Wildman–Crippen LogP) is 2.50. The van der Waals surface area contributed by atoms with Crippen LogP contribution in [-0.2, 0) is 4.79 Å². The van der Waals surface area contributed by atoms with Gasteiger partial charge < -0.3 is 5.11 Å². The molecule has 1 N–H and O–H groups in total. The quantitative estimate of drug-likeness (QED) is 0.798. The molecule has 0 aromatic carbocycles. The maximum atomic E-state index is 10.8. The molecule has 0 radical (unpaired) electrons. The third-order valence-corrected chi connectivity index (χ3v) is 4.94. The third kappa shape index (κ3) is 2.65. The minimum absolute atomic E-state index is 0.392. The molecule has 2 atom stereocenters. The number of nitrogens with zero attached hydrogens (tertiary/aromatic N) is 1. The molecule has 2 aliphatic heterocycles. The van der Waals surface area contributed by atoms with E-state index >= 15 is 0 Å². The minimum atomic E-state index is -0.610. The highest BCUT2D eigenvalue weighted by atomic mass is 16.4. The molecular weight excluding hydrogens is 214 g/mol. The summed E-state index contributed by atoms with van der Waals surface area (Å²) in [4.78, 5) is 13.5. The molecule has 1 saturated carbocycles. The minimum Gasteiger partial charge on any atom is -0.481 e. The molecule has 0 amide bonds. The zero-order valence-corrected chi connectivity index (χ0v) is 10.5. The number of piperidine rings is 1. The van der Waals surface area contributed by atoms with Crippen molar-refractivity contribution >= 4 is 5.97 Å². The van der Waals surface area contributed by atoms with Crippen LogP contribution in [0.3, 0.4) is 0 Å². The summed E-state index contributed by atoms with van der Waals surface area (Å²) < 4.78 is 0. The summed E-state index contributed by atoms with van der Waals surface area (Å²) in [5, 5.41) is 8.90. The number of fused-ring (bicyclic) bond motifs is 2. The van der Waals surface area contributed by atoms with E-state index in [0.717, 1.165) is 18.8 Å². The van der Waals surface area contributed by atoms with E-state index in [-0.39, 0.29) is 0 Å². The lowest BCUT2D eigenvalue weighted by Gasteiger charge is -2.38. The average molecular weight is 237 g/mol. The van der Waals surface area contributed by atoms with Crippen LogP contribution in [0.5, 0.6) is 0 Å². The average Bonchev–Trinajstić information content (AvgIpc) is 3.04. The maximum Gasteiger partial charge on any atom is 0.303 e. The first-order valence-corrected chi connectivity index (χ1v) is 7.20. The normalized spacial score (nSPS) is 37.3. The van der Waals surface area contributed by atoms with E-state index in [1.54, 1.807) is 0 Å². The summed E-state index contributed by atoms with van der Waals surface area (Å²) in [6.45, 7) is 1.28. The smallest absolute Gasteiger partial charge is 0.303 e. The van der Waals surface area contributed by atoms with Gasteiger partial charge >= 0.3 is 5.97 Å². The Balaban J connectivity index is 1.53. The molecule has 17 heavy (non-hydrogen) atoms. The van der Waals surface area contributed by atoms with Gasteiger partial charge in [-0.05, 0) is 50.5 Å². The number of carbonyl (C=O) groups is 1. The number of rotatable bonds is 5. The van der Waals surface area contributed by atoms with Gasteiger partial charge in [0.2, 0.25) is 0 Å². The fourth-order valence-electron chi connectivity index (χ4n) is 3.90. The van der Waals surface area contributed by atoms with Gasteiger partial charge in [0.1, 0.15) is 0 Å². The van der Waals surface area contributed by atoms with E-state index in [2.05, 4.69) is 4.90 Å². The van der Waals surface area contributed by atoms with Crippen molar-refractivity contribution in [3.05, 3.63) is 0 Å². The van der Waals surface area contributed by atoms with Crippen molar-refractivity contribution in [3.63, 3.8) is 0 Å². The van der Waals surface area contributed by atoms with Crippen molar-refractivity contribution in [2.75, 3.05) is 6.54 Å². The van der Waals surface area contributed by atoms with E-state index < -0.39 is 5.97 Å². The number of hydrogen-bond acceptors (Lipinski definition) is 2. The van der Waals surface area contributed by atoms with E-state index in [0.29, 0.717) is 24.4 Å². The topological polar surface area (TPSA) is 40.5 Å². The van der Waals surface area contributed by atoms with E-state index in [4.69, 9.17) is 5.11 Å². The molecule has 3 aliphatic rings. The lowest BCUT2D eigenvalue weighted by Crippen LogP contribution is -2.43. The highest BCUT2D eigenvalue weighted by molar-refractivity contribution is 5.67. The second-order valence-electron chi connectivity index (χ2n) is 6.29. The molecule has 0 aromatic rings. The Morgan fingerprint density at radius 1 is 1.06 bits per heavy atom. The zero-order chi connectivity index (χ0) is 11.8. The highest BCUT2D eigenvalue weighted by Crippen LogP contribution is 2.41. The molecule has 0 aromatic heterocycles. The van der Waals surface area contributed by atoms with Crippen LogP contribution >= 0.6 is 0 Å². The third-order valence-electron chi connectivity index (χ3n) is 4.94. The van der Waals surface area contributed by atoms with Crippen molar-refractivity contribution in [2.24, 2.45) is 11.8 Å². The van der Waals surface area contributed by atoms with Crippen LogP contribution in [0, 0.1) is 11.8 Å². The monoisotopic (exact) mass is 237 g/mol. The largest absolute Gasteiger partial charge is 0.481 e. The van der Waals surface area contributed by atoms with E-state index in [9.17, 15) is 4.79 Å². The summed E-state index contributed by atoms with van der Waals surface area (Å²) in [7, 11) is 0. The first-order valence-electron chi connectivity index (χ1n) is 7.20. The van der Waals surface area contributed by atoms with Crippen LogP contribution in [-0.4, -0.2) is 34.6 Å². The van der Waals surface area contributed by atoms with E-state index in [1.165, 1.54) is 38.6 Å². The standard InChI is InChI=1S/C14H23NO2/c16-14(17)9-11-7-12-3-4-13(8-11)15(12)6-5-10-1-2-10/h10-13H,1-9H2,(H,16,17). The summed E-state index contributed by atoms with van der Waals surface area (Å²) in [5.74, 6) is 0.856. The molecular formula is C14H23NO2. The van der Waals surface area contributed by atoms with Crippen molar-refractivity contribution in [2.45, 2.75) is 63.5 Å². The van der Waals surface area contributed by atoms with Crippen molar-refractivity contribution < 1.29 is 9.90 Å². The summed E-state index contributed by atoms with van der Waals surface area (Å²) in [5.41, 5.74) is 0. The lowest BCUT2D eigenvalue weighted by atomic mass is 9.88. The SMILES string of the molecule is O=C(O)CC1CC2CCC(C1)N2CCC1CC1. The fraction of sp³-hybridized carbons (Fsp3) is 0.929. The second kappa shape index (κ2) is 4.60. The van der Waals surface area contributed by atoms with Crippen LogP contribution < -0.4 is 0 Å². The Hall–Kier alpha value is -0.570. The molecule has 0 spiro atoms. The molecule has 3 nitrogen and oxygen atoms in total. The Labute approximate surface area is 103 Å². The molecule has 2 saturated heterocycles. The molecule has 3 rings (SSSR count). The van der Waals surface area contributed by atoms with Crippen molar-refractivity contribution in [3.8, 4) is 0 Å². The van der Waals surface area contributed by atoms with Gasteiger partial charge in [0.25, 0.3) is 0 Å². The molecule has 3 heteroatoms. The first kappa shape index (κ1) is 11.5. The summed E-state index contributed by atoms with van der Waals surface area (Å²) in [6.07, 6.45) is 9.56. The number of aliphatic carboxylic acids is 1. The van der Waals surface area contributed by atoms with Crippen molar-refractivity contribution in [1.82, 2.24) is 4.90 Å². The van der Waals surface area contributed by atoms with E-state index in [1.807, 2.05) is 0 Å². The Bertz CT molecular complexity index is 287. The van der Waals surface area contributed by atoms with Crippen LogP contribution in [0.1, 0.15) is 51.4 Å². The Morgan fingerprint density at radius 3 is 2.24 bits per heavy atom. The molecule has 2 heterocycles. The molecule has 96 valence electrons. The van der Waals surface area contributed by atoms with Gasteiger partial charge in [-0.15, -0.1) is 0 Å².